The van der Waals surface area contributed by atoms with Crippen molar-refractivity contribution in [2.45, 2.75) is 117 Å². The molecule has 0 N–H and O–H groups in total. The fourth-order valence-electron chi connectivity index (χ4n) is 5.27. The molecule has 1 aromatic heterocycles. The van der Waals surface area contributed by atoms with Crippen LogP contribution in [0.25, 0.3) is 11.4 Å². The van der Waals surface area contributed by atoms with E-state index in [-0.39, 0.29) is 11.9 Å². The van der Waals surface area contributed by atoms with E-state index in [0.29, 0.717) is 11.6 Å². The van der Waals surface area contributed by atoms with Crippen LogP contribution in [0.4, 0.5) is 0 Å². The average molecular weight is 479 g/mol. The zero-order chi connectivity index (χ0) is 24.7. The van der Waals surface area contributed by atoms with Crippen molar-refractivity contribution in [3.63, 3.8) is 0 Å². The van der Waals surface area contributed by atoms with Gasteiger partial charge in [-0.2, -0.15) is 0 Å². The molecule has 0 amide bonds. The Hall–Kier alpha value is -2.23. The van der Waals surface area contributed by atoms with Crippen LogP contribution in [0.5, 0.6) is 5.75 Å². The summed E-state index contributed by atoms with van der Waals surface area (Å²) in [6.07, 6.45) is 23.3. The van der Waals surface area contributed by atoms with Crippen molar-refractivity contribution in [3.05, 3.63) is 42.2 Å². The van der Waals surface area contributed by atoms with Crippen molar-refractivity contribution >= 4 is 5.97 Å². The second-order valence-corrected chi connectivity index (χ2v) is 10.4. The molecule has 2 aromatic rings. The number of carbonyl (C=O) groups excluding carboxylic acids is 1. The summed E-state index contributed by atoms with van der Waals surface area (Å²) in [5, 5.41) is 0. The molecule has 0 unspecified atom stereocenters. The van der Waals surface area contributed by atoms with Crippen LogP contribution < -0.4 is 4.74 Å². The zero-order valence-electron chi connectivity index (χ0n) is 22.1. The molecule has 192 valence electrons. The number of hydrogen-bond acceptors (Lipinski definition) is 4. The van der Waals surface area contributed by atoms with E-state index in [2.05, 4.69) is 48.1 Å². The van der Waals surface area contributed by atoms with E-state index < -0.39 is 0 Å². The first-order valence-electron chi connectivity index (χ1n) is 14.3. The van der Waals surface area contributed by atoms with Crippen LogP contribution >= 0.6 is 0 Å². The molecule has 0 saturated heterocycles. The molecule has 0 aliphatic heterocycles. The van der Waals surface area contributed by atoms with Crippen molar-refractivity contribution in [3.8, 4) is 17.1 Å². The fraction of sp³-hybridized carbons (Fsp3) is 0.645. The normalized spacial score (nSPS) is 17.9. The number of rotatable bonds is 15. The summed E-state index contributed by atoms with van der Waals surface area (Å²) in [5.41, 5.74) is 2.36. The monoisotopic (exact) mass is 478 g/mol. The minimum atomic E-state index is -0.128. The Bertz CT molecular complexity index is 839. The molecule has 1 aliphatic rings. The van der Waals surface area contributed by atoms with Gasteiger partial charge in [0.05, 0.1) is 18.3 Å². The van der Waals surface area contributed by atoms with E-state index in [0.717, 1.165) is 43.6 Å². The maximum absolute atomic E-state index is 12.5. The van der Waals surface area contributed by atoms with Gasteiger partial charge in [0.2, 0.25) is 0 Å². The minimum Gasteiger partial charge on any atom is -0.423 e. The molecular weight excluding hydrogens is 432 g/mol. The Morgan fingerprint density at radius 3 is 2.00 bits per heavy atom. The standard InChI is InChI=1S/C31H46N2O2/c1-3-5-6-7-8-9-10-11-12-14-26-15-19-27(20-16-26)30-32-23-29(24-33-30)35-31(34)28-21-17-25(13-4-2)18-22-28/h15-16,19-20,23-25,28H,3-14,17-18,21-22H2,1-2H3. The minimum absolute atomic E-state index is 0.0149. The molecule has 4 nitrogen and oxygen atoms in total. The van der Waals surface area contributed by atoms with Gasteiger partial charge in [0.25, 0.3) is 0 Å². The Morgan fingerprint density at radius 2 is 1.40 bits per heavy atom. The summed E-state index contributed by atoms with van der Waals surface area (Å²) in [7, 11) is 0. The molecule has 0 bridgehead atoms. The number of benzene rings is 1. The Morgan fingerprint density at radius 1 is 0.800 bits per heavy atom. The van der Waals surface area contributed by atoms with Gasteiger partial charge < -0.3 is 4.74 Å². The summed E-state index contributed by atoms with van der Waals surface area (Å²) in [6.45, 7) is 4.51. The fourth-order valence-corrected chi connectivity index (χ4v) is 5.27. The Kier molecular flexibility index (Phi) is 12.3. The highest BCUT2D eigenvalue weighted by Crippen LogP contribution is 2.32. The number of unbranched alkanes of at least 4 members (excludes halogenated alkanes) is 8. The van der Waals surface area contributed by atoms with Gasteiger partial charge in [-0.1, -0.05) is 102 Å². The van der Waals surface area contributed by atoms with Crippen LogP contribution in [0.15, 0.2) is 36.7 Å². The smallest absolute Gasteiger partial charge is 0.314 e. The van der Waals surface area contributed by atoms with Crippen molar-refractivity contribution in [1.82, 2.24) is 9.97 Å². The summed E-state index contributed by atoms with van der Waals surface area (Å²) in [6, 6.07) is 8.57. The number of aromatic nitrogens is 2. The average Bonchev–Trinajstić information content (AvgIpc) is 2.89. The Labute approximate surface area is 213 Å². The van der Waals surface area contributed by atoms with Crippen LogP contribution in [-0.2, 0) is 11.2 Å². The van der Waals surface area contributed by atoms with E-state index in [1.165, 1.54) is 76.2 Å². The number of nitrogens with zero attached hydrogens (tertiary/aromatic N) is 2. The first kappa shape index (κ1) is 27.4. The van der Waals surface area contributed by atoms with Crippen molar-refractivity contribution in [2.24, 2.45) is 11.8 Å². The summed E-state index contributed by atoms with van der Waals surface area (Å²) in [5.74, 6) is 1.78. The number of aryl methyl sites for hydroxylation is 1. The number of ether oxygens (including phenoxy) is 1. The molecule has 1 aromatic carbocycles. The van der Waals surface area contributed by atoms with Crippen LogP contribution in [0.1, 0.15) is 116 Å². The van der Waals surface area contributed by atoms with Gasteiger partial charge in [0.15, 0.2) is 11.6 Å². The van der Waals surface area contributed by atoms with Crippen molar-refractivity contribution in [1.29, 1.82) is 0 Å². The quantitative estimate of drug-likeness (QED) is 0.190. The molecule has 4 heteroatoms. The third-order valence-electron chi connectivity index (χ3n) is 7.50. The maximum atomic E-state index is 12.5. The summed E-state index contributed by atoms with van der Waals surface area (Å²) >= 11 is 0. The van der Waals surface area contributed by atoms with Gasteiger partial charge in [0.1, 0.15) is 0 Å². The molecular formula is C31H46N2O2. The zero-order valence-corrected chi connectivity index (χ0v) is 22.1. The van der Waals surface area contributed by atoms with Gasteiger partial charge in [-0.3, -0.25) is 4.79 Å². The summed E-state index contributed by atoms with van der Waals surface area (Å²) < 4.78 is 5.59. The van der Waals surface area contributed by atoms with Gasteiger partial charge >= 0.3 is 5.97 Å². The van der Waals surface area contributed by atoms with E-state index in [1.54, 1.807) is 12.4 Å². The lowest BCUT2D eigenvalue weighted by Gasteiger charge is -2.26. The third kappa shape index (κ3) is 9.74. The molecule has 35 heavy (non-hydrogen) atoms. The first-order chi connectivity index (χ1) is 17.2. The van der Waals surface area contributed by atoms with Crippen LogP contribution in [0, 0.1) is 11.8 Å². The van der Waals surface area contributed by atoms with Gasteiger partial charge in [-0.05, 0) is 50.0 Å². The molecule has 3 rings (SSSR count). The van der Waals surface area contributed by atoms with E-state index in [4.69, 9.17) is 4.74 Å². The molecule has 0 spiro atoms. The van der Waals surface area contributed by atoms with Gasteiger partial charge in [0, 0.05) is 5.56 Å². The SMILES string of the molecule is CCCCCCCCCCCc1ccc(-c2ncc(OC(=O)C3CCC(CCC)CC3)cn2)cc1. The highest BCUT2D eigenvalue weighted by atomic mass is 16.5. The van der Waals surface area contributed by atoms with E-state index in [9.17, 15) is 4.79 Å². The molecule has 1 aliphatic carbocycles. The van der Waals surface area contributed by atoms with Crippen LogP contribution in [0.2, 0.25) is 0 Å². The highest BCUT2D eigenvalue weighted by molar-refractivity contribution is 5.75. The maximum Gasteiger partial charge on any atom is 0.314 e. The second-order valence-electron chi connectivity index (χ2n) is 10.4. The van der Waals surface area contributed by atoms with Crippen LogP contribution in [-0.4, -0.2) is 15.9 Å². The lowest BCUT2D eigenvalue weighted by molar-refractivity contribution is -0.140. The lowest BCUT2D eigenvalue weighted by Crippen LogP contribution is -2.25. The number of esters is 1. The van der Waals surface area contributed by atoms with Crippen molar-refractivity contribution in [2.75, 3.05) is 0 Å². The lowest BCUT2D eigenvalue weighted by atomic mass is 9.80. The van der Waals surface area contributed by atoms with E-state index >= 15 is 0 Å². The highest BCUT2D eigenvalue weighted by Gasteiger charge is 2.27. The predicted octanol–water partition coefficient (Wildman–Crippen LogP) is 8.73. The second kappa shape index (κ2) is 15.7. The third-order valence-corrected chi connectivity index (χ3v) is 7.50. The topological polar surface area (TPSA) is 52.1 Å². The van der Waals surface area contributed by atoms with Crippen LogP contribution in [0.3, 0.4) is 0 Å². The van der Waals surface area contributed by atoms with Gasteiger partial charge in [-0.25, -0.2) is 9.97 Å². The largest absolute Gasteiger partial charge is 0.423 e. The molecule has 0 radical (unpaired) electrons. The molecule has 1 heterocycles. The molecule has 1 fully saturated rings. The summed E-state index contributed by atoms with van der Waals surface area (Å²) in [4.78, 5) is 21.4. The Balaban J connectivity index is 1.36. The predicted molar refractivity (Wildman–Crippen MR) is 144 cm³/mol. The van der Waals surface area contributed by atoms with Crippen molar-refractivity contribution < 1.29 is 9.53 Å². The van der Waals surface area contributed by atoms with E-state index in [1.807, 2.05) is 0 Å². The first-order valence-corrected chi connectivity index (χ1v) is 14.3. The number of hydrogen-bond donors (Lipinski definition) is 0. The molecule has 1 saturated carbocycles. The number of carbonyl (C=O) groups is 1. The molecule has 0 atom stereocenters. The van der Waals surface area contributed by atoms with Gasteiger partial charge in [-0.15, -0.1) is 0 Å².